The molecule has 0 aromatic heterocycles. The maximum atomic E-state index is 13.4. The van der Waals surface area contributed by atoms with Crippen molar-refractivity contribution in [1.82, 2.24) is 5.43 Å². The molecule has 0 heterocycles. The molecule has 1 atom stereocenters. The second-order valence-corrected chi connectivity index (χ2v) is 4.51. The molecule has 19 heavy (non-hydrogen) atoms. The van der Waals surface area contributed by atoms with E-state index in [9.17, 15) is 8.78 Å². The van der Waals surface area contributed by atoms with Crippen LogP contribution in [-0.4, -0.2) is 12.2 Å². The van der Waals surface area contributed by atoms with Gasteiger partial charge in [-0.05, 0) is 37.5 Å². The Morgan fingerprint density at radius 1 is 1.16 bits per heavy atom. The molecule has 1 aromatic rings. The molecule has 0 bridgehead atoms. The highest BCUT2D eigenvalue weighted by Gasteiger charge is 2.37. The smallest absolute Gasteiger partial charge is 0.126 e. The maximum absolute atomic E-state index is 13.4. The van der Waals surface area contributed by atoms with Gasteiger partial charge in [-0.25, -0.2) is 8.78 Å². The topological polar surface area (TPSA) is 47.3 Å². The van der Waals surface area contributed by atoms with Crippen LogP contribution in [0.15, 0.2) is 18.2 Å². The van der Waals surface area contributed by atoms with Crippen molar-refractivity contribution in [2.75, 3.05) is 6.61 Å². The van der Waals surface area contributed by atoms with Crippen molar-refractivity contribution in [3.05, 3.63) is 35.4 Å². The molecule has 0 radical (unpaired) electrons. The lowest BCUT2D eigenvalue weighted by molar-refractivity contribution is -0.0735. The van der Waals surface area contributed by atoms with Crippen LogP contribution in [-0.2, 0) is 4.74 Å². The van der Waals surface area contributed by atoms with Gasteiger partial charge in [0.15, 0.2) is 0 Å². The number of halogens is 2. The number of hydrogen-bond acceptors (Lipinski definition) is 3. The SMILES string of the molecule is CCOC(CC)(CC)C(NN)c1cc(F)cc(F)c1. The van der Waals surface area contributed by atoms with Gasteiger partial charge in [-0.15, -0.1) is 0 Å². The maximum Gasteiger partial charge on any atom is 0.126 e. The van der Waals surface area contributed by atoms with E-state index in [0.717, 1.165) is 6.07 Å². The Morgan fingerprint density at radius 2 is 1.68 bits per heavy atom. The molecule has 0 amide bonds. The van der Waals surface area contributed by atoms with E-state index in [1.807, 2.05) is 20.8 Å². The molecule has 1 rings (SSSR count). The summed E-state index contributed by atoms with van der Waals surface area (Å²) in [5.74, 6) is 4.36. The lowest BCUT2D eigenvalue weighted by atomic mass is 9.84. The van der Waals surface area contributed by atoms with Gasteiger partial charge in [0.1, 0.15) is 11.6 Å². The average Bonchev–Trinajstić information content (AvgIpc) is 2.37. The zero-order valence-corrected chi connectivity index (χ0v) is 11.7. The second kappa shape index (κ2) is 6.93. The van der Waals surface area contributed by atoms with Crippen molar-refractivity contribution in [2.24, 2.45) is 5.84 Å². The first-order chi connectivity index (χ1) is 9.02. The van der Waals surface area contributed by atoms with E-state index in [1.165, 1.54) is 12.1 Å². The van der Waals surface area contributed by atoms with Crippen molar-refractivity contribution >= 4 is 0 Å². The van der Waals surface area contributed by atoms with Gasteiger partial charge in [-0.2, -0.15) is 0 Å². The molecule has 5 heteroatoms. The molecule has 0 saturated heterocycles. The van der Waals surface area contributed by atoms with Gasteiger partial charge in [-0.1, -0.05) is 13.8 Å². The third kappa shape index (κ3) is 3.49. The molecule has 1 unspecified atom stereocenters. The van der Waals surface area contributed by atoms with Gasteiger partial charge in [0.05, 0.1) is 11.6 Å². The Bertz CT molecular complexity index is 388. The Hall–Kier alpha value is -1.04. The quantitative estimate of drug-likeness (QED) is 0.592. The highest BCUT2D eigenvalue weighted by atomic mass is 19.1. The van der Waals surface area contributed by atoms with Gasteiger partial charge in [0.25, 0.3) is 0 Å². The number of hydrazine groups is 1. The van der Waals surface area contributed by atoms with Gasteiger partial charge in [0.2, 0.25) is 0 Å². The summed E-state index contributed by atoms with van der Waals surface area (Å²) < 4.78 is 32.5. The van der Waals surface area contributed by atoms with Gasteiger partial charge < -0.3 is 4.74 Å². The number of hydrogen-bond donors (Lipinski definition) is 2. The predicted molar refractivity (Wildman–Crippen MR) is 71.4 cm³/mol. The number of nitrogens with two attached hydrogens (primary N) is 1. The zero-order chi connectivity index (χ0) is 14.5. The van der Waals surface area contributed by atoms with E-state index in [2.05, 4.69) is 5.43 Å². The van der Waals surface area contributed by atoms with Crippen LogP contribution in [0.4, 0.5) is 8.78 Å². The second-order valence-electron chi connectivity index (χ2n) is 4.51. The summed E-state index contributed by atoms with van der Waals surface area (Å²) in [5, 5.41) is 0. The van der Waals surface area contributed by atoms with E-state index in [0.29, 0.717) is 25.0 Å². The summed E-state index contributed by atoms with van der Waals surface area (Å²) in [7, 11) is 0. The van der Waals surface area contributed by atoms with Crippen LogP contribution in [0.1, 0.15) is 45.2 Å². The molecule has 0 aliphatic heterocycles. The largest absolute Gasteiger partial charge is 0.373 e. The van der Waals surface area contributed by atoms with Crippen molar-refractivity contribution < 1.29 is 13.5 Å². The van der Waals surface area contributed by atoms with E-state index >= 15 is 0 Å². The molecule has 0 saturated carbocycles. The van der Waals surface area contributed by atoms with Crippen LogP contribution in [0.2, 0.25) is 0 Å². The van der Waals surface area contributed by atoms with Crippen molar-refractivity contribution in [3.8, 4) is 0 Å². The van der Waals surface area contributed by atoms with E-state index in [-0.39, 0.29) is 0 Å². The van der Waals surface area contributed by atoms with E-state index in [1.54, 1.807) is 0 Å². The molecule has 0 aliphatic rings. The fraction of sp³-hybridized carbons (Fsp3) is 0.571. The summed E-state index contributed by atoms with van der Waals surface area (Å²) in [6.45, 7) is 6.34. The predicted octanol–water partition coefficient (Wildman–Crippen LogP) is 3.06. The molecule has 3 nitrogen and oxygen atoms in total. The first-order valence-electron chi connectivity index (χ1n) is 6.59. The lowest BCUT2D eigenvalue weighted by Gasteiger charge is -2.39. The normalized spacial score (nSPS) is 13.6. The Balaban J connectivity index is 3.22. The molecule has 3 N–H and O–H groups in total. The van der Waals surface area contributed by atoms with Crippen LogP contribution in [0.5, 0.6) is 0 Å². The van der Waals surface area contributed by atoms with Crippen LogP contribution < -0.4 is 11.3 Å². The standard InChI is InChI=1S/C14H22F2N2O/c1-4-14(5-2,19-6-3)13(18-17)10-7-11(15)9-12(16)8-10/h7-9,13,18H,4-6,17H2,1-3H3. The minimum Gasteiger partial charge on any atom is -0.373 e. The third-order valence-electron chi connectivity index (χ3n) is 3.54. The highest BCUT2D eigenvalue weighted by Crippen LogP contribution is 2.35. The fourth-order valence-corrected chi connectivity index (χ4v) is 2.53. The summed E-state index contributed by atoms with van der Waals surface area (Å²) in [4.78, 5) is 0. The first-order valence-corrected chi connectivity index (χ1v) is 6.59. The fourth-order valence-electron chi connectivity index (χ4n) is 2.53. The van der Waals surface area contributed by atoms with Gasteiger partial charge in [-0.3, -0.25) is 11.3 Å². The monoisotopic (exact) mass is 272 g/mol. The molecule has 0 fully saturated rings. The Morgan fingerprint density at radius 3 is 2.05 bits per heavy atom. The number of benzene rings is 1. The van der Waals surface area contributed by atoms with Gasteiger partial charge >= 0.3 is 0 Å². The summed E-state index contributed by atoms with van der Waals surface area (Å²) in [6, 6.07) is 2.95. The van der Waals surface area contributed by atoms with Crippen molar-refractivity contribution in [2.45, 2.75) is 45.3 Å². The highest BCUT2D eigenvalue weighted by molar-refractivity contribution is 5.24. The zero-order valence-electron chi connectivity index (χ0n) is 11.7. The Labute approximate surface area is 113 Å². The van der Waals surface area contributed by atoms with Crippen LogP contribution >= 0.6 is 0 Å². The third-order valence-corrected chi connectivity index (χ3v) is 3.54. The van der Waals surface area contributed by atoms with Gasteiger partial charge in [0, 0.05) is 12.7 Å². The number of nitrogens with one attached hydrogen (secondary N) is 1. The summed E-state index contributed by atoms with van der Waals surface area (Å²) >= 11 is 0. The lowest BCUT2D eigenvalue weighted by Crippen LogP contribution is -2.48. The average molecular weight is 272 g/mol. The van der Waals surface area contributed by atoms with E-state index in [4.69, 9.17) is 10.6 Å². The summed E-state index contributed by atoms with van der Waals surface area (Å²) in [5.41, 5.74) is 2.52. The molecule has 0 spiro atoms. The molecular formula is C14H22F2N2O. The molecule has 108 valence electrons. The minimum atomic E-state index is -0.618. The van der Waals surface area contributed by atoms with Crippen molar-refractivity contribution in [1.29, 1.82) is 0 Å². The number of ether oxygens (including phenoxy) is 1. The van der Waals surface area contributed by atoms with Crippen LogP contribution in [0.25, 0.3) is 0 Å². The molecule has 0 aliphatic carbocycles. The first kappa shape index (κ1) is 16.0. The van der Waals surface area contributed by atoms with Crippen molar-refractivity contribution in [3.63, 3.8) is 0 Å². The minimum absolute atomic E-state index is 0.456. The summed E-state index contributed by atoms with van der Waals surface area (Å²) in [6.07, 6.45) is 1.37. The molecular weight excluding hydrogens is 250 g/mol. The van der Waals surface area contributed by atoms with Crippen LogP contribution in [0, 0.1) is 11.6 Å². The number of rotatable bonds is 7. The molecule has 1 aromatic carbocycles. The van der Waals surface area contributed by atoms with Crippen LogP contribution in [0.3, 0.4) is 0 Å². The van der Waals surface area contributed by atoms with E-state index < -0.39 is 23.3 Å². The Kier molecular flexibility index (Phi) is 5.85.